The highest BCUT2D eigenvalue weighted by atomic mass is 15.1. The summed E-state index contributed by atoms with van der Waals surface area (Å²) in [6, 6.07) is 1.91. The van der Waals surface area contributed by atoms with Gasteiger partial charge in [-0.25, -0.2) is 4.98 Å². The third-order valence-electron chi connectivity index (χ3n) is 2.93. The summed E-state index contributed by atoms with van der Waals surface area (Å²) in [4.78, 5) is 8.44. The zero-order valence-electron chi connectivity index (χ0n) is 9.54. The zero-order valence-corrected chi connectivity index (χ0v) is 9.54. The van der Waals surface area contributed by atoms with Crippen LogP contribution in [0.5, 0.6) is 0 Å². The molecule has 0 aromatic carbocycles. The molecule has 0 aliphatic heterocycles. The summed E-state index contributed by atoms with van der Waals surface area (Å²) in [5.74, 6) is 2.34. The molecular weight excluding hydrogens is 188 g/mol. The number of nitrogens with zero attached hydrogens (tertiary/aromatic N) is 2. The molecule has 1 aliphatic rings. The minimum Gasteiger partial charge on any atom is -0.365 e. The van der Waals surface area contributed by atoms with E-state index in [2.05, 4.69) is 34.4 Å². The van der Waals surface area contributed by atoms with Crippen LogP contribution in [0.1, 0.15) is 26.7 Å². The average Bonchev–Trinajstić information content (AvgIpc) is 3.00. The largest absolute Gasteiger partial charge is 0.365 e. The standard InChI is InChI=1S/C11H18N4/c1-11(2,8-4-5-8)15-9-6-7-13-10(12-3)14-9/h6-8H,4-5H2,1-3H3,(H2,12,13,14,15). The van der Waals surface area contributed by atoms with Crippen LogP contribution >= 0.6 is 0 Å². The predicted octanol–water partition coefficient (Wildman–Crippen LogP) is 2.12. The summed E-state index contributed by atoms with van der Waals surface area (Å²) in [5.41, 5.74) is 0.138. The monoisotopic (exact) mass is 206 g/mol. The molecule has 0 bridgehead atoms. The molecule has 0 saturated heterocycles. The van der Waals surface area contributed by atoms with Gasteiger partial charge in [-0.1, -0.05) is 0 Å². The third kappa shape index (κ3) is 2.37. The molecule has 0 unspecified atom stereocenters. The molecule has 1 aliphatic carbocycles. The van der Waals surface area contributed by atoms with Crippen LogP contribution in [0.15, 0.2) is 12.3 Å². The van der Waals surface area contributed by atoms with Crippen molar-refractivity contribution >= 4 is 11.8 Å². The first-order chi connectivity index (χ1) is 7.12. The number of hydrogen-bond donors (Lipinski definition) is 2. The van der Waals surface area contributed by atoms with E-state index in [0.29, 0.717) is 5.95 Å². The molecule has 0 spiro atoms. The van der Waals surface area contributed by atoms with Crippen LogP contribution in [0.4, 0.5) is 11.8 Å². The van der Waals surface area contributed by atoms with Gasteiger partial charge in [0.2, 0.25) is 5.95 Å². The molecule has 15 heavy (non-hydrogen) atoms. The van der Waals surface area contributed by atoms with Crippen molar-refractivity contribution in [2.75, 3.05) is 17.7 Å². The lowest BCUT2D eigenvalue weighted by Gasteiger charge is -2.26. The molecule has 0 atom stereocenters. The van der Waals surface area contributed by atoms with Crippen molar-refractivity contribution < 1.29 is 0 Å². The second-order valence-electron chi connectivity index (χ2n) is 4.64. The van der Waals surface area contributed by atoms with Gasteiger partial charge < -0.3 is 10.6 Å². The molecule has 1 fully saturated rings. The zero-order chi connectivity index (χ0) is 10.9. The van der Waals surface area contributed by atoms with E-state index in [9.17, 15) is 0 Å². The van der Waals surface area contributed by atoms with Crippen LogP contribution in [-0.4, -0.2) is 22.6 Å². The average molecular weight is 206 g/mol. The van der Waals surface area contributed by atoms with Gasteiger partial charge in [-0.2, -0.15) is 4.98 Å². The molecule has 0 radical (unpaired) electrons. The molecular formula is C11H18N4. The highest BCUT2D eigenvalue weighted by Crippen LogP contribution is 2.40. The number of nitrogens with one attached hydrogen (secondary N) is 2. The molecule has 4 heteroatoms. The Bertz CT molecular complexity index is 344. The first-order valence-corrected chi connectivity index (χ1v) is 5.41. The minimum atomic E-state index is 0.138. The Hall–Kier alpha value is -1.32. The molecule has 4 nitrogen and oxygen atoms in total. The van der Waals surface area contributed by atoms with Gasteiger partial charge in [0.25, 0.3) is 0 Å². The van der Waals surface area contributed by atoms with Gasteiger partial charge in [0.05, 0.1) is 0 Å². The second kappa shape index (κ2) is 3.68. The van der Waals surface area contributed by atoms with Crippen LogP contribution in [-0.2, 0) is 0 Å². The number of anilines is 2. The van der Waals surface area contributed by atoms with E-state index in [1.165, 1.54) is 12.8 Å². The maximum Gasteiger partial charge on any atom is 0.224 e. The third-order valence-corrected chi connectivity index (χ3v) is 2.93. The lowest BCUT2D eigenvalue weighted by Crippen LogP contribution is -2.33. The van der Waals surface area contributed by atoms with Crippen molar-refractivity contribution in [2.45, 2.75) is 32.2 Å². The SMILES string of the molecule is CNc1nccc(NC(C)(C)C2CC2)n1. The van der Waals surface area contributed by atoms with Crippen molar-refractivity contribution in [3.8, 4) is 0 Å². The Morgan fingerprint density at radius 2 is 2.13 bits per heavy atom. The summed E-state index contributed by atoms with van der Waals surface area (Å²) in [5, 5.41) is 6.40. The van der Waals surface area contributed by atoms with E-state index >= 15 is 0 Å². The molecule has 1 aromatic heterocycles. The first kappa shape index (κ1) is 10.2. The van der Waals surface area contributed by atoms with Crippen LogP contribution in [0.3, 0.4) is 0 Å². The quantitative estimate of drug-likeness (QED) is 0.792. The highest BCUT2D eigenvalue weighted by molar-refractivity contribution is 5.41. The van der Waals surface area contributed by atoms with Gasteiger partial charge in [0.15, 0.2) is 0 Å². The lowest BCUT2D eigenvalue weighted by molar-refractivity contribution is 0.492. The van der Waals surface area contributed by atoms with Crippen molar-refractivity contribution in [1.82, 2.24) is 9.97 Å². The van der Waals surface area contributed by atoms with E-state index < -0.39 is 0 Å². The topological polar surface area (TPSA) is 49.8 Å². The van der Waals surface area contributed by atoms with Gasteiger partial charge in [0, 0.05) is 18.8 Å². The summed E-state index contributed by atoms with van der Waals surface area (Å²) >= 11 is 0. The minimum absolute atomic E-state index is 0.138. The van der Waals surface area contributed by atoms with Crippen LogP contribution < -0.4 is 10.6 Å². The predicted molar refractivity (Wildman–Crippen MR) is 62.0 cm³/mol. The second-order valence-corrected chi connectivity index (χ2v) is 4.64. The number of hydrogen-bond acceptors (Lipinski definition) is 4. The smallest absolute Gasteiger partial charge is 0.224 e. The van der Waals surface area contributed by atoms with Gasteiger partial charge in [-0.3, -0.25) is 0 Å². The lowest BCUT2D eigenvalue weighted by atomic mass is 9.99. The van der Waals surface area contributed by atoms with Crippen molar-refractivity contribution in [3.05, 3.63) is 12.3 Å². The normalized spacial score (nSPS) is 16.2. The molecule has 0 amide bonds. The summed E-state index contributed by atoms with van der Waals surface area (Å²) in [7, 11) is 1.82. The molecule has 2 N–H and O–H groups in total. The number of aromatic nitrogens is 2. The van der Waals surface area contributed by atoms with Gasteiger partial charge in [-0.05, 0) is 38.7 Å². The summed E-state index contributed by atoms with van der Waals surface area (Å²) in [6.45, 7) is 4.46. The van der Waals surface area contributed by atoms with Gasteiger partial charge in [-0.15, -0.1) is 0 Å². The molecule has 1 heterocycles. The fraction of sp³-hybridized carbons (Fsp3) is 0.636. The van der Waals surface area contributed by atoms with Crippen LogP contribution in [0.25, 0.3) is 0 Å². The van der Waals surface area contributed by atoms with Crippen LogP contribution in [0.2, 0.25) is 0 Å². The van der Waals surface area contributed by atoms with E-state index in [1.807, 2.05) is 13.1 Å². The first-order valence-electron chi connectivity index (χ1n) is 5.41. The molecule has 1 saturated carbocycles. The van der Waals surface area contributed by atoms with Crippen molar-refractivity contribution in [3.63, 3.8) is 0 Å². The molecule has 82 valence electrons. The Labute approximate surface area is 90.5 Å². The van der Waals surface area contributed by atoms with E-state index in [1.54, 1.807) is 6.20 Å². The fourth-order valence-electron chi connectivity index (χ4n) is 1.79. The Morgan fingerprint density at radius 1 is 1.40 bits per heavy atom. The maximum absolute atomic E-state index is 4.35. The van der Waals surface area contributed by atoms with E-state index in [0.717, 1.165) is 11.7 Å². The molecule has 2 rings (SSSR count). The van der Waals surface area contributed by atoms with Crippen molar-refractivity contribution in [1.29, 1.82) is 0 Å². The van der Waals surface area contributed by atoms with Gasteiger partial charge >= 0.3 is 0 Å². The summed E-state index contributed by atoms with van der Waals surface area (Å²) < 4.78 is 0. The van der Waals surface area contributed by atoms with Gasteiger partial charge in [0.1, 0.15) is 5.82 Å². The Kier molecular flexibility index (Phi) is 2.50. The molecule has 1 aromatic rings. The Balaban J connectivity index is 2.09. The fourth-order valence-corrected chi connectivity index (χ4v) is 1.79. The summed E-state index contributed by atoms with van der Waals surface area (Å²) in [6.07, 6.45) is 4.41. The van der Waals surface area contributed by atoms with E-state index in [-0.39, 0.29) is 5.54 Å². The van der Waals surface area contributed by atoms with Crippen molar-refractivity contribution in [2.24, 2.45) is 5.92 Å². The maximum atomic E-state index is 4.35. The highest BCUT2D eigenvalue weighted by Gasteiger charge is 2.37. The van der Waals surface area contributed by atoms with E-state index in [4.69, 9.17) is 0 Å². The van der Waals surface area contributed by atoms with Crippen LogP contribution in [0, 0.1) is 5.92 Å². The number of rotatable bonds is 4. The Morgan fingerprint density at radius 3 is 2.73 bits per heavy atom.